The first-order valence-electron chi connectivity index (χ1n) is 1.02. The summed E-state index contributed by atoms with van der Waals surface area (Å²) in [4.78, 5) is 0. The highest BCUT2D eigenvalue weighted by Crippen LogP contribution is 1.30. The molecule has 0 fully saturated rings. The van der Waals surface area contributed by atoms with E-state index >= 15 is 0 Å². The minimum atomic E-state index is 0. The Hall–Kier alpha value is 1.12. The smallest absolute Gasteiger partial charge is 0.0402 e. The molecular weight excluding hydrogens is 182 g/mol. The van der Waals surface area contributed by atoms with Crippen LogP contribution < -0.4 is 0 Å². The lowest BCUT2D eigenvalue weighted by atomic mass is 10.9. The van der Waals surface area contributed by atoms with Crippen molar-refractivity contribution in [3.63, 3.8) is 0 Å². The number of halogens is 4. The van der Waals surface area contributed by atoms with Gasteiger partial charge in [-0.05, 0) is 6.92 Å². The largest absolute Gasteiger partial charge is 0.397 e. The van der Waals surface area contributed by atoms with Crippen LogP contribution in [0, 0.1) is 0 Å². The van der Waals surface area contributed by atoms with E-state index < -0.39 is 0 Å². The van der Waals surface area contributed by atoms with Crippen LogP contribution in [0.25, 0.3) is 0 Å². The minimum absolute atomic E-state index is 0. The Bertz CT molecular complexity index is 9.65. The van der Waals surface area contributed by atoms with E-state index in [4.69, 9.17) is 5.11 Å². The van der Waals surface area contributed by atoms with E-state index in [2.05, 4.69) is 0 Å². The first-order chi connectivity index (χ1) is 1.41. The zero-order chi connectivity index (χ0) is 2.71. The van der Waals surface area contributed by atoms with E-state index in [0.717, 1.165) is 0 Å². The average molecular weight is 192 g/mol. The molecule has 1 nitrogen and oxygen atoms in total. The predicted molar refractivity (Wildman–Crippen MR) is 41.8 cm³/mol. The van der Waals surface area contributed by atoms with Crippen LogP contribution in [-0.4, -0.2) is 11.7 Å². The van der Waals surface area contributed by atoms with Crippen LogP contribution >= 0.6 is 49.6 Å². The Kier molecular flexibility index (Phi) is 358. The van der Waals surface area contributed by atoms with Gasteiger partial charge < -0.3 is 5.11 Å². The standard InChI is InChI=1S/C2H6O.4ClH/c1-2-3;;;;/h3H,2H2,1H3;4*1H. The van der Waals surface area contributed by atoms with Gasteiger partial charge in [0.25, 0.3) is 0 Å². The van der Waals surface area contributed by atoms with E-state index in [1.54, 1.807) is 6.92 Å². The summed E-state index contributed by atoms with van der Waals surface area (Å²) >= 11 is 0. The van der Waals surface area contributed by atoms with Gasteiger partial charge in [-0.3, -0.25) is 0 Å². The van der Waals surface area contributed by atoms with Crippen molar-refractivity contribution in [2.75, 3.05) is 6.61 Å². The molecule has 0 amide bonds. The summed E-state index contributed by atoms with van der Waals surface area (Å²) < 4.78 is 0. The lowest BCUT2D eigenvalue weighted by Gasteiger charge is -1.52. The first-order valence-corrected chi connectivity index (χ1v) is 1.02. The fourth-order valence-corrected chi connectivity index (χ4v) is 0. The Morgan fingerprint density at radius 2 is 1.00 bits per heavy atom. The van der Waals surface area contributed by atoms with E-state index in [9.17, 15) is 0 Å². The van der Waals surface area contributed by atoms with Crippen LogP contribution in [0.4, 0.5) is 0 Å². The molecule has 0 aromatic carbocycles. The van der Waals surface area contributed by atoms with E-state index in [-0.39, 0.29) is 56.2 Å². The van der Waals surface area contributed by atoms with Gasteiger partial charge in [-0.25, -0.2) is 0 Å². The summed E-state index contributed by atoms with van der Waals surface area (Å²) in [5.74, 6) is 0. The van der Waals surface area contributed by atoms with Gasteiger partial charge in [-0.15, -0.1) is 49.6 Å². The molecule has 0 radical (unpaired) electrons. The summed E-state index contributed by atoms with van der Waals surface area (Å²) in [7, 11) is 0. The molecule has 0 aromatic heterocycles. The number of aliphatic hydroxyl groups is 1. The number of hydrogen-bond acceptors (Lipinski definition) is 1. The van der Waals surface area contributed by atoms with Crippen molar-refractivity contribution in [2.45, 2.75) is 6.92 Å². The lowest BCUT2D eigenvalue weighted by Crippen LogP contribution is -1.57. The number of aliphatic hydroxyl groups excluding tert-OH is 1. The maximum atomic E-state index is 7.57. The highest BCUT2D eigenvalue weighted by atomic mass is 35.5. The Labute approximate surface area is 68.5 Å². The van der Waals surface area contributed by atoms with Crippen LogP contribution in [-0.2, 0) is 0 Å². The van der Waals surface area contributed by atoms with Gasteiger partial charge in [-0.2, -0.15) is 0 Å². The Balaban J connectivity index is -0.00000000333. The molecule has 52 valence electrons. The van der Waals surface area contributed by atoms with Crippen LogP contribution in [0.5, 0.6) is 0 Å². The molecule has 0 bridgehead atoms. The third kappa shape index (κ3) is 149. The fraction of sp³-hybridized carbons (Fsp3) is 1.00. The molecule has 1 N–H and O–H groups in total. The highest BCUT2D eigenvalue weighted by Gasteiger charge is 1.34. The SMILES string of the molecule is CCO.Cl.Cl.Cl.Cl. The van der Waals surface area contributed by atoms with Gasteiger partial charge in [0.2, 0.25) is 0 Å². The molecule has 0 heterocycles. The fourth-order valence-electron chi connectivity index (χ4n) is 0. The third-order valence-corrected chi connectivity index (χ3v) is 0. The Morgan fingerprint density at radius 1 is 1.00 bits per heavy atom. The monoisotopic (exact) mass is 190 g/mol. The van der Waals surface area contributed by atoms with Crippen molar-refractivity contribution in [3.8, 4) is 0 Å². The van der Waals surface area contributed by atoms with E-state index in [1.807, 2.05) is 0 Å². The molecule has 0 rings (SSSR count). The van der Waals surface area contributed by atoms with Crippen molar-refractivity contribution < 1.29 is 5.11 Å². The number of hydrogen-bond donors (Lipinski definition) is 1. The van der Waals surface area contributed by atoms with Crippen LogP contribution in [0.2, 0.25) is 0 Å². The second kappa shape index (κ2) is 59.3. The molecule has 0 aliphatic carbocycles. The van der Waals surface area contributed by atoms with E-state index in [1.165, 1.54) is 0 Å². The summed E-state index contributed by atoms with van der Waals surface area (Å²) in [6, 6.07) is 0. The van der Waals surface area contributed by atoms with Gasteiger partial charge in [-0.1, -0.05) is 0 Å². The van der Waals surface area contributed by atoms with Gasteiger partial charge in [0.1, 0.15) is 0 Å². The molecule has 0 saturated heterocycles. The van der Waals surface area contributed by atoms with Crippen molar-refractivity contribution in [2.24, 2.45) is 0 Å². The van der Waals surface area contributed by atoms with Crippen LogP contribution in [0.15, 0.2) is 0 Å². The molecule has 0 aliphatic rings. The normalized spacial score (nSPS) is 2.57. The van der Waals surface area contributed by atoms with Gasteiger partial charge in [0.15, 0.2) is 0 Å². The zero-order valence-corrected chi connectivity index (χ0v) is 7.05. The molecule has 0 atom stereocenters. The van der Waals surface area contributed by atoms with Gasteiger partial charge >= 0.3 is 0 Å². The average Bonchev–Trinajstić information content (AvgIpc) is 0.918. The highest BCUT2D eigenvalue weighted by molar-refractivity contribution is 5.86. The molecule has 0 aromatic rings. The summed E-state index contributed by atoms with van der Waals surface area (Å²) in [5.41, 5.74) is 0. The molecular formula is C2H10Cl4O. The summed E-state index contributed by atoms with van der Waals surface area (Å²) in [6.45, 7) is 1.93. The lowest BCUT2D eigenvalue weighted by molar-refractivity contribution is 0.318. The second-order valence-electron chi connectivity index (χ2n) is 0.316. The van der Waals surface area contributed by atoms with Crippen molar-refractivity contribution in [3.05, 3.63) is 0 Å². The quantitative estimate of drug-likeness (QED) is 0.618. The van der Waals surface area contributed by atoms with Crippen molar-refractivity contribution in [1.82, 2.24) is 0 Å². The summed E-state index contributed by atoms with van der Waals surface area (Å²) in [5, 5.41) is 7.57. The topological polar surface area (TPSA) is 20.2 Å². The molecule has 5 heteroatoms. The van der Waals surface area contributed by atoms with E-state index in [0.29, 0.717) is 0 Å². The van der Waals surface area contributed by atoms with Crippen LogP contribution in [0.3, 0.4) is 0 Å². The van der Waals surface area contributed by atoms with Crippen LogP contribution in [0.1, 0.15) is 6.92 Å². The number of rotatable bonds is 0. The maximum Gasteiger partial charge on any atom is 0.0402 e. The zero-order valence-electron chi connectivity index (χ0n) is 3.79. The van der Waals surface area contributed by atoms with Gasteiger partial charge in [0.05, 0.1) is 0 Å². The molecule has 0 unspecified atom stereocenters. The van der Waals surface area contributed by atoms with Crippen molar-refractivity contribution in [1.29, 1.82) is 0 Å². The first kappa shape index (κ1) is 42.3. The maximum absolute atomic E-state index is 7.57. The molecule has 0 saturated carbocycles. The molecule has 0 aliphatic heterocycles. The Morgan fingerprint density at radius 3 is 1.00 bits per heavy atom. The van der Waals surface area contributed by atoms with Gasteiger partial charge in [0, 0.05) is 6.61 Å². The second-order valence-corrected chi connectivity index (χ2v) is 0.316. The summed E-state index contributed by atoms with van der Waals surface area (Å²) in [6.07, 6.45) is 0. The molecule has 7 heavy (non-hydrogen) atoms. The minimum Gasteiger partial charge on any atom is -0.397 e. The van der Waals surface area contributed by atoms with Crippen molar-refractivity contribution >= 4 is 49.6 Å². The molecule has 0 spiro atoms. The third-order valence-electron chi connectivity index (χ3n) is 0. The predicted octanol–water partition coefficient (Wildman–Crippen LogP) is 1.69.